The quantitative estimate of drug-likeness (QED) is 0.929. The van der Waals surface area contributed by atoms with E-state index in [4.69, 9.17) is 10.8 Å². The van der Waals surface area contributed by atoms with Crippen molar-refractivity contribution in [2.45, 2.75) is 76.3 Å². The van der Waals surface area contributed by atoms with E-state index in [1.165, 1.54) is 57.2 Å². The molecule has 5 fully saturated rings. The van der Waals surface area contributed by atoms with Crippen molar-refractivity contribution in [1.29, 1.82) is 0 Å². The summed E-state index contributed by atoms with van der Waals surface area (Å²) in [4.78, 5) is 0. The average Bonchev–Trinajstić information content (AvgIpc) is 3.14. The van der Waals surface area contributed by atoms with Gasteiger partial charge in [0.1, 0.15) is 11.6 Å². The van der Waals surface area contributed by atoms with E-state index in [1.54, 1.807) is 0 Å². The highest BCUT2D eigenvalue weighted by Gasteiger charge is 2.58. The number of rotatable bonds is 3. The minimum absolute atomic E-state index is 0.321. The van der Waals surface area contributed by atoms with E-state index in [0.29, 0.717) is 23.4 Å². The molecule has 21 heavy (non-hydrogen) atoms. The summed E-state index contributed by atoms with van der Waals surface area (Å²) in [6.45, 7) is 3.06. The van der Waals surface area contributed by atoms with Crippen molar-refractivity contribution in [1.82, 2.24) is 14.8 Å². The fourth-order valence-corrected chi connectivity index (χ4v) is 6.52. The predicted molar refractivity (Wildman–Crippen MR) is 80.7 cm³/mol. The van der Waals surface area contributed by atoms with Crippen LogP contribution in [0.1, 0.15) is 76.0 Å². The molecule has 2 N–H and O–H groups in total. The molecule has 1 aromatic rings. The zero-order chi connectivity index (χ0) is 14.2. The Kier molecular flexibility index (Phi) is 2.34. The van der Waals surface area contributed by atoms with Gasteiger partial charge in [0.2, 0.25) is 0 Å². The molecule has 1 heterocycles. The van der Waals surface area contributed by atoms with Crippen molar-refractivity contribution in [2.24, 2.45) is 23.0 Å². The normalized spacial score (nSPS) is 44.5. The standard InChI is InChI=1S/C17H26N4/c1-16-5-11-4-12(6-16)8-17(7-11,10-16)15-20-19-14(9-18)21(15)13-2-3-13/h11-13H,2-10,18H2,1H3. The zero-order valence-electron chi connectivity index (χ0n) is 13.0. The minimum Gasteiger partial charge on any atom is -0.324 e. The molecule has 4 bridgehead atoms. The molecule has 4 nitrogen and oxygen atoms in total. The summed E-state index contributed by atoms with van der Waals surface area (Å²) >= 11 is 0. The SMILES string of the molecule is CC12CC3CC(C1)CC(c1nnc(CN)n1C1CC1)(C3)C2. The molecular weight excluding hydrogens is 260 g/mol. The van der Waals surface area contributed by atoms with Gasteiger partial charge >= 0.3 is 0 Å². The Morgan fingerprint density at radius 2 is 1.86 bits per heavy atom. The molecule has 2 atom stereocenters. The summed E-state index contributed by atoms with van der Waals surface area (Å²) in [5.41, 5.74) is 6.81. The fraction of sp³-hybridized carbons (Fsp3) is 0.882. The van der Waals surface area contributed by atoms with Crippen LogP contribution in [-0.4, -0.2) is 14.8 Å². The first kappa shape index (κ1) is 12.6. The fourth-order valence-electron chi connectivity index (χ4n) is 6.52. The topological polar surface area (TPSA) is 56.7 Å². The molecule has 0 saturated heterocycles. The van der Waals surface area contributed by atoms with E-state index in [2.05, 4.69) is 16.6 Å². The smallest absolute Gasteiger partial charge is 0.147 e. The molecule has 4 heteroatoms. The third kappa shape index (κ3) is 1.71. The van der Waals surface area contributed by atoms with Crippen LogP contribution in [0.2, 0.25) is 0 Å². The van der Waals surface area contributed by atoms with Gasteiger partial charge in [-0.2, -0.15) is 0 Å². The van der Waals surface area contributed by atoms with Crippen molar-refractivity contribution in [3.63, 3.8) is 0 Å². The molecule has 5 aliphatic carbocycles. The van der Waals surface area contributed by atoms with E-state index < -0.39 is 0 Å². The first-order chi connectivity index (χ1) is 10.1. The van der Waals surface area contributed by atoms with E-state index in [1.807, 2.05) is 0 Å². The Bertz CT molecular complexity index is 572. The third-order valence-corrected chi connectivity index (χ3v) is 6.69. The van der Waals surface area contributed by atoms with Crippen LogP contribution in [0.5, 0.6) is 0 Å². The Morgan fingerprint density at radius 1 is 1.14 bits per heavy atom. The summed E-state index contributed by atoms with van der Waals surface area (Å²) < 4.78 is 2.45. The maximum absolute atomic E-state index is 5.92. The van der Waals surface area contributed by atoms with E-state index in [-0.39, 0.29) is 0 Å². The molecule has 2 unspecified atom stereocenters. The van der Waals surface area contributed by atoms with Crippen LogP contribution < -0.4 is 5.73 Å². The molecule has 1 aromatic heterocycles. The summed E-state index contributed by atoms with van der Waals surface area (Å²) in [5.74, 6) is 4.20. The molecule has 0 amide bonds. The van der Waals surface area contributed by atoms with E-state index >= 15 is 0 Å². The van der Waals surface area contributed by atoms with Crippen LogP contribution in [0.4, 0.5) is 0 Å². The second-order valence-electron chi connectivity index (χ2n) is 8.80. The highest BCUT2D eigenvalue weighted by Crippen LogP contribution is 2.65. The van der Waals surface area contributed by atoms with Gasteiger partial charge < -0.3 is 10.3 Å². The van der Waals surface area contributed by atoms with E-state index in [0.717, 1.165) is 17.7 Å². The molecule has 0 spiro atoms. The molecule has 6 rings (SSSR count). The van der Waals surface area contributed by atoms with Crippen LogP contribution >= 0.6 is 0 Å². The lowest BCUT2D eigenvalue weighted by Gasteiger charge is -2.60. The minimum atomic E-state index is 0.321. The van der Waals surface area contributed by atoms with Gasteiger partial charge in [-0.1, -0.05) is 6.92 Å². The van der Waals surface area contributed by atoms with Crippen LogP contribution in [0, 0.1) is 17.3 Å². The lowest BCUT2D eigenvalue weighted by molar-refractivity contribution is -0.0661. The van der Waals surface area contributed by atoms with Crippen LogP contribution in [0.15, 0.2) is 0 Å². The van der Waals surface area contributed by atoms with Crippen molar-refractivity contribution in [2.75, 3.05) is 0 Å². The number of aromatic nitrogens is 3. The maximum Gasteiger partial charge on any atom is 0.147 e. The summed E-state index contributed by atoms with van der Waals surface area (Å²) in [7, 11) is 0. The second kappa shape index (κ2) is 3.89. The van der Waals surface area contributed by atoms with Gasteiger partial charge in [0.15, 0.2) is 0 Å². The highest BCUT2D eigenvalue weighted by atomic mass is 15.3. The van der Waals surface area contributed by atoms with Crippen LogP contribution in [0.25, 0.3) is 0 Å². The Hall–Kier alpha value is -0.900. The van der Waals surface area contributed by atoms with Gasteiger partial charge in [-0.3, -0.25) is 0 Å². The summed E-state index contributed by atoms with van der Waals surface area (Å²) in [6, 6.07) is 0.648. The number of hydrogen-bond acceptors (Lipinski definition) is 3. The lowest BCUT2D eigenvalue weighted by atomic mass is 9.44. The second-order valence-corrected chi connectivity index (χ2v) is 8.80. The summed E-state index contributed by atoms with van der Waals surface area (Å²) in [5, 5.41) is 9.17. The Balaban J connectivity index is 1.62. The van der Waals surface area contributed by atoms with Gasteiger partial charge in [-0.25, -0.2) is 0 Å². The molecule has 0 aliphatic heterocycles. The lowest BCUT2D eigenvalue weighted by Crippen LogP contribution is -2.53. The van der Waals surface area contributed by atoms with Gasteiger partial charge in [-0.05, 0) is 68.6 Å². The van der Waals surface area contributed by atoms with Crippen molar-refractivity contribution < 1.29 is 0 Å². The Labute approximate surface area is 126 Å². The first-order valence-corrected chi connectivity index (χ1v) is 8.75. The van der Waals surface area contributed by atoms with Gasteiger partial charge in [0, 0.05) is 11.5 Å². The largest absolute Gasteiger partial charge is 0.324 e. The first-order valence-electron chi connectivity index (χ1n) is 8.75. The van der Waals surface area contributed by atoms with Crippen molar-refractivity contribution in [3.05, 3.63) is 11.6 Å². The number of hydrogen-bond donors (Lipinski definition) is 1. The monoisotopic (exact) mass is 286 g/mol. The van der Waals surface area contributed by atoms with Crippen molar-refractivity contribution in [3.8, 4) is 0 Å². The molecule has 5 saturated carbocycles. The van der Waals surface area contributed by atoms with Gasteiger partial charge in [0.25, 0.3) is 0 Å². The van der Waals surface area contributed by atoms with Gasteiger partial charge in [0.05, 0.1) is 6.54 Å². The Morgan fingerprint density at radius 3 is 2.43 bits per heavy atom. The van der Waals surface area contributed by atoms with E-state index in [9.17, 15) is 0 Å². The highest BCUT2D eigenvalue weighted by molar-refractivity contribution is 5.22. The van der Waals surface area contributed by atoms with Crippen LogP contribution in [-0.2, 0) is 12.0 Å². The number of nitrogens with two attached hydrogens (primary N) is 1. The van der Waals surface area contributed by atoms with Crippen LogP contribution in [0.3, 0.4) is 0 Å². The number of nitrogens with zero attached hydrogens (tertiary/aromatic N) is 3. The average molecular weight is 286 g/mol. The molecule has 0 aromatic carbocycles. The summed E-state index contributed by atoms with van der Waals surface area (Å²) in [6.07, 6.45) is 11.0. The maximum atomic E-state index is 5.92. The van der Waals surface area contributed by atoms with Gasteiger partial charge in [-0.15, -0.1) is 10.2 Å². The zero-order valence-corrected chi connectivity index (χ0v) is 13.0. The molecule has 114 valence electrons. The molecule has 0 radical (unpaired) electrons. The molecular formula is C17H26N4. The molecule has 5 aliphatic rings. The van der Waals surface area contributed by atoms with Crippen molar-refractivity contribution >= 4 is 0 Å². The predicted octanol–water partition coefficient (Wildman–Crippen LogP) is 2.93. The third-order valence-electron chi connectivity index (χ3n) is 6.69.